The third-order valence-corrected chi connectivity index (χ3v) is 5.99. The van der Waals surface area contributed by atoms with Gasteiger partial charge in [-0.05, 0) is 73.7 Å². The first-order chi connectivity index (χ1) is 16.2. The molecule has 34 heavy (non-hydrogen) atoms. The normalized spacial score (nSPS) is 18.1. The molecule has 1 unspecified atom stereocenters. The number of aryl methyl sites for hydroxylation is 1. The van der Waals surface area contributed by atoms with Crippen molar-refractivity contribution < 1.29 is 29.4 Å². The zero-order chi connectivity index (χ0) is 24.9. The molecule has 0 heterocycles. The van der Waals surface area contributed by atoms with Crippen LogP contribution in [-0.4, -0.2) is 34.5 Å². The second-order valence-electron chi connectivity index (χ2n) is 8.27. The molecule has 1 atom stereocenters. The van der Waals surface area contributed by atoms with Gasteiger partial charge < -0.3 is 19.8 Å². The zero-order valence-electron chi connectivity index (χ0n) is 19.8. The van der Waals surface area contributed by atoms with Gasteiger partial charge in [-0.25, -0.2) is 4.79 Å². The molecule has 0 spiro atoms. The Kier molecular flexibility index (Phi) is 7.56. The van der Waals surface area contributed by atoms with Crippen molar-refractivity contribution >= 4 is 17.7 Å². The number of carboxylic acid groups (broad SMARTS) is 2. The first kappa shape index (κ1) is 24.8. The Bertz CT molecular complexity index is 1190. The van der Waals surface area contributed by atoms with Crippen molar-refractivity contribution in [1.29, 1.82) is 0 Å². The molecule has 0 amide bonds. The molecule has 1 aliphatic carbocycles. The summed E-state index contributed by atoms with van der Waals surface area (Å²) in [7, 11) is 0. The van der Waals surface area contributed by atoms with E-state index in [2.05, 4.69) is 5.16 Å². The molecule has 0 fully saturated rings. The molecule has 7 heteroatoms. The van der Waals surface area contributed by atoms with E-state index in [-0.39, 0.29) is 18.6 Å². The van der Waals surface area contributed by atoms with Crippen LogP contribution < -0.4 is 4.74 Å². The molecule has 2 N–H and O–H groups in total. The summed E-state index contributed by atoms with van der Waals surface area (Å²) in [6.07, 6.45) is 3.02. The minimum atomic E-state index is -1.49. The fourth-order valence-electron chi connectivity index (χ4n) is 4.02. The quantitative estimate of drug-likeness (QED) is 0.400. The van der Waals surface area contributed by atoms with Crippen LogP contribution in [0.2, 0.25) is 0 Å². The summed E-state index contributed by atoms with van der Waals surface area (Å²) in [5.74, 6) is -1.56. The molecular weight excluding hydrogens is 434 g/mol. The number of carboxylic acids is 2. The Hall–Kier alpha value is -3.87. The lowest BCUT2D eigenvalue weighted by molar-refractivity contribution is -0.142. The van der Waals surface area contributed by atoms with Gasteiger partial charge in [0, 0.05) is 12.0 Å². The van der Waals surface area contributed by atoms with Gasteiger partial charge in [0.15, 0.2) is 0 Å². The van der Waals surface area contributed by atoms with E-state index in [1.165, 1.54) is 0 Å². The number of carbonyl (C=O) groups is 2. The highest BCUT2D eigenvalue weighted by atomic mass is 16.6. The lowest BCUT2D eigenvalue weighted by Gasteiger charge is -2.32. The molecule has 0 radical (unpaired) electrons. The molecule has 2 aromatic carbocycles. The van der Waals surface area contributed by atoms with Crippen LogP contribution in [-0.2, 0) is 26.4 Å². The van der Waals surface area contributed by atoms with E-state index in [0.29, 0.717) is 29.1 Å². The summed E-state index contributed by atoms with van der Waals surface area (Å²) >= 11 is 0. The van der Waals surface area contributed by atoms with Crippen LogP contribution in [0.5, 0.6) is 5.75 Å². The van der Waals surface area contributed by atoms with Gasteiger partial charge in [0.2, 0.25) is 0 Å². The van der Waals surface area contributed by atoms with Crippen molar-refractivity contribution in [2.45, 2.75) is 46.1 Å². The molecule has 0 bridgehead atoms. The van der Waals surface area contributed by atoms with Gasteiger partial charge in [0.05, 0.1) is 5.71 Å². The van der Waals surface area contributed by atoms with Crippen LogP contribution in [0.15, 0.2) is 70.9 Å². The van der Waals surface area contributed by atoms with Crippen LogP contribution in [0, 0.1) is 6.92 Å². The molecule has 0 saturated carbocycles. The molecule has 7 nitrogen and oxygen atoms in total. The number of ether oxygens (including phenoxy) is 1. The standard InChI is InChI=1S/C27H29NO6/c1-5-34-28-19(4)20-10-11-24(18(3)14-20)33-16-21-8-6-7-9-23(21)27(26(31)32)13-12-17(2)22(15-27)25(29)30/h6-14H,5,15-16H2,1-4H3,(H,29,30)(H,31,32). The highest BCUT2D eigenvalue weighted by Crippen LogP contribution is 2.40. The van der Waals surface area contributed by atoms with Gasteiger partial charge in [-0.3, -0.25) is 4.79 Å². The summed E-state index contributed by atoms with van der Waals surface area (Å²) in [4.78, 5) is 29.3. The average Bonchev–Trinajstić information content (AvgIpc) is 2.82. The fourth-order valence-corrected chi connectivity index (χ4v) is 4.02. The Morgan fingerprint density at radius 2 is 1.85 bits per heavy atom. The molecule has 2 aromatic rings. The lowest BCUT2D eigenvalue weighted by atomic mass is 9.70. The number of allylic oxidation sites excluding steroid dienone is 2. The molecule has 178 valence electrons. The van der Waals surface area contributed by atoms with Crippen LogP contribution >= 0.6 is 0 Å². The molecule has 1 aliphatic rings. The number of aliphatic carboxylic acids is 2. The highest BCUT2D eigenvalue weighted by Gasteiger charge is 2.43. The van der Waals surface area contributed by atoms with Gasteiger partial charge >= 0.3 is 11.9 Å². The topological polar surface area (TPSA) is 105 Å². The molecule has 0 aliphatic heterocycles. The first-order valence-corrected chi connectivity index (χ1v) is 11.0. The second-order valence-corrected chi connectivity index (χ2v) is 8.27. The summed E-state index contributed by atoms with van der Waals surface area (Å²) < 4.78 is 6.07. The Morgan fingerprint density at radius 1 is 1.12 bits per heavy atom. The van der Waals surface area contributed by atoms with E-state index in [1.54, 1.807) is 31.2 Å². The number of rotatable bonds is 9. The Labute approximate surface area is 199 Å². The average molecular weight is 464 g/mol. The largest absolute Gasteiger partial charge is 0.489 e. The number of hydrogen-bond acceptors (Lipinski definition) is 5. The van der Waals surface area contributed by atoms with E-state index in [9.17, 15) is 19.8 Å². The van der Waals surface area contributed by atoms with Gasteiger partial charge in [-0.15, -0.1) is 0 Å². The van der Waals surface area contributed by atoms with Crippen LogP contribution in [0.25, 0.3) is 0 Å². The predicted molar refractivity (Wildman–Crippen MR) is 129 cm³/mol. The maximum atomic E-state index is 12.5. The van der Waals surface area contributed by atoms with Crippen molar-refractivity contribution in [2.75, 3.05) is 6.61 Å². The van der Waals surface area contributed by atoms with E-state index in [4.69, 9.17) is 9.57 Å². The smallest absolute Gasteiger partial charge is 0.331 e. The van der Waals surface area contributed by atoms with Crippen LogP contribution in [0.1, 0.15) is 49.4 Å². The monoisotopic (exact) mass is 463 g/mol. The summed E-state index contributed by atoms with van der Waals surface area (Å²) in [5, 5.41) is 23.9. The van der Waals surface area contributed by atoms with Crippen molar-refractivity contribution in [3.8, 4) is 5.75 Å². The van der Waals surface area contributed by atoms with E-state index < -0.39 is 17.4 Å². The van der Waals surface area contributed by atoms with Crippen LogP contribution in [0.4, 0.5) is 0 Å². The summed E-state index contributed by atoms with van der Waals surface area (Å²) in [6.45, 7) is 7.96. The molecule has 0 saturated heterocycles. The van der Waals surface area contributed by atoms with Gasteiger partial charge in [0.25, 0.3) is 0 Å². The minimum Gasteiger partial charge on any atom is -0.489 e. The zero-order valence-corrected chi connectivity index (χ0v) is 19.8. The van der Waals surface area contributed by atoms with E-state index in [0.717, 1.165) is 16.8 Å². The van der Waals surface area contributed by atoms with Crippen molar-refractivity contribution in [1.82, 2.24) is 0 Å². The first-order valence-electron chi connectivity index (χ1n) is 11.0. The third kappa shape index (κ3) is 5.03. The number of benzene rings is 2. The SMILES string of the molecule is CCON=C(C)c1ccc(OCc2ccccc2C2(C(=O)O)C=CC(C)=C(C(=O)O)C2)c(C)c1. The Balaban J connectivity index is 1.90. The van der Waals surface area contributed by atoms with Crippen molar-refractivity contribution in [3.63, 3.8) is 0 Å². The van der Waals surface area contributed by atoms with Gasteiger partial charge in [-0.2, -0.15) is 0 Å². The molecule has 3 rings (SSSR count). The van der Waals surface area contributed by atoms with Crippen molar-refractivity contribution in [3.05, 3.63) is 88.0 Å². The maximum Gasteiger partial charge on any atom is 0.331 e. The number of hydrogen-bond donors (Lipinski definition) is 2. The third-order valence-electron chi connectivity index (χ3n) is 5.99. The minimum absolute atomic E-state index is 0.0936. The fraction of sp³-hybridized carbons (Fsp3) is 0.296. The van der Waals surface area contributed by atoms with E-state index in [1.807, 2.05) is 51.1 Å². The van der Waals surface area contributed by atoms with E-state index >= 15 is 0 Å². The molecule has 0 aromatic heterocycles. The van der Waals surface area contributed by atoms with Gasteiger partial charge in [0.1, 0.15) is 24.4 Å². The second kappa shape index (κ2) is 10.4. The highest BCUT2D eigenvalue weighted by molar-refractivity contribution is 5.98. The molecular formula is C27H29NO6. The lowest BCUT2D eigenvalue weighted by Crippen LogP contribution is -2.38. The van der Waals surface area contributed by atoms with Gasteiger partial charge in [-0.1, -0.05) is 41.6 Å². The van der Waals surface area contributed by atoms with Crippen molar-refractivity contribution in [2.24, 2.45) is 5.16 Å². The number of nitrogens with zero attached hydrogens (tertiary/aromatic N) is 1. The predicted octanol–water partition coefficient (Wildman–Crippen LogP) is 5.02. The summed E-state index contributed by atoms with van der Waals surface area (Å²) in [6, 6.07) is 12.8. The summed E-state index contributed by atoms with van der Waals surface area (Å²) in [5.41, 5.74) is 2.92. The van der Waals surface area contributed by atoms with Crippen LogP contribution in [0.3, 0.4) is 0 Å². The maximum absolute atomic E-state index is 12.5. The Morgan fingerprint density at radius 3 is 2.50 bits per heavy atom. The number of oxime groups is 1.